The molecular weight excluding hydrogens is 162 g/mol. The smallest absolute Gasteiger partial charge is 0.126 e. The van der Waals surface area contributed by atoms with Gasteiger partial charge in [-0.2, -0.15) is 0 Å². The normalized spacial score (nSPS) is 21.3. The highest BCUT2D eigenvalue weighted by molar-refractivity contribution is 5.47. The Morgan fingerprint density at radius 3 is 2.46 bits per heavy atom. The SMILES string of the molecule is C.OC1CCCN1c1ccccc1. The minimum atomic E-state index is -0.271. The summed E-state index contributed by atoms with van der Waals surface area (Å²) in [6.45, 7) is 0.977. The first-order valence-electron chi connectivity index (χ1n) is 4.38. The van der Waals surface area contributed by atoms with Crippen molar-refractivity contribution in [1.82, 2.24) is 0 Å². The first-order valence-corrected chi connectivity index (χ1v) is 4.38. The molecule has 1 atom stereocenters. The predicted octanol–water partition coefficient (Wildman–Crippen LogP) is 2.24. The predicted molar refractivity (Wildman–Crippen MR) is 55.8 cm³/mol. The Morgan fingerprint density at radius 1 is 1.23 bits per heavy atom. The molecule has 0 aromatic heterocycles. The van der Waals surface area contributed by atoms with Crippen LogP contribution in [-0.4, -0.2) is 17.9 Å². The maximum atomic E-state index is 9.57. The average Bonchev–Trinajstić information content (AvgIpc) is 2.53. The van der Waals surface area contributed by atoms with Crippen LogP contribution in [0.3, 0.4) is 0 Å². The molecule has 1 aromatic carbocycles. The molecule has 2 nitrogen and oxygen atoms in total. The highest BCUT2D eigenvalue weighted by Gasteiger charge is 2.21. The zero-order valence-corrected chi connectivity index (χ0v) is 6.98. The molecule has 1 aliphatic heterocycles. The summed E-state index contributed by atoms with van der Waals surface area (Å²) in [6.07, 6.45) is 1.72. The summed E-state index contributed by atoms with van der Waals surface area (Å²) in [7, 11) is 0. The molecule has 0 spiro atoms. The quantitative estimate of drug-likeness (QED) is 0.714. The van der Waals surface area contributed by atoms with Gasteiger partial charge in [0, 0.05) is 12.2 Å². The van der Waals surface area contributed by atoms with Crippen LogP contribution in [0.5, 0.6) is 0 Å². The van der Waals surface area contributed by atoms with Crippen LogP contribution in [0.1, 0.15) is 20.3 Å². The van der Waals surface area contributed by atoms with Crippen molar-refractivity contribution in [3.8, 4) is 0 Å². The summed E-state index contributed by atoms with van der Waals surface area (Å²) in [5, 5.41) is 9.57. The van der Waals surface area contributed by atoms with Gasteiger partial charge in [0.15, 0.2) is 0 Å². The molecule has 0 bridgehead atoms. The van der Waals surface area contributed by atoms with E-state index in [1.54, 1.807) is 0 Å². The molecule has 1 aromatic rings. The molecule has 0 amide bonds. The van der Waals surface area contributed by atoms with E-state index in [4.69, 9.17) is 0 Å². The largest absolute Gasteiger partial charge is 0.374 e. The summed E-state index contributed by atoms with van der Waals surface area (Å²) in [5.74, 6) is 0. The average molecular weight is 179 g/mol. The molecule has 1 N–H and O–H groups in total. The van der Waals surface area contributed by atoms with Crippen LogP contribution in [-0.2, 0) is 0 Å². The van der Waals surface area contributed by atoms with E-state index in [0.717, 1.165) is 25.1 Å². The molecule has 1 unspecified atom stereocenters. The maximum absolute atomic E-state index is 9.57. The van der Waals surface area contributed by atoms with Crippen molar-refractivity contribution < 1.29 is 5.11 Å². The first-order chi connectivity index (χ1) is 5.88. The Morgan fingerprint density at radius 2 is 1.92 bits per heavy atom. The standard InChI is InChI=1S/C10H13NO.CH4/c12-10-7-4-8-11(10)9-5-2-1-3-6-9;/h1-3,5-6,10,12H,4,7-8H2;1H4. The van der Waals surface area contributed by atoms with Gasteiger partial charge in [0.2, 0.25) is 0 Å². The third kappa shape index (κ3) is 2.01. The number of aliphatic hydroxyl groups is 1. The van der Waals surface area contributed by atoms with Crippen LogP contribution < -0.4 is 4.90 Å². The first kappa shape index (κ1) is 10.1. The van der Waals surface area contributed by atoms with Crippen LogP contribution >= 0.6 is 0 Å². The lowest BCUT2D eigenvalue weighted by Crippen LogP contribution is -2.28. The summed E-state index contributed by atoms with van der Waals surface area (Å²) < 4.78 is 0. The Labute approximate surface area is 79.8 Å². The minimum absolute atomic E-state index is 0. The molecule has 1 heterocycles. The molecule has 2 heteroatoms. The third-order valence-corrected chi connectivity index (χ3v) is 2.31. The van der Waals surface area contributed by atoms with Crippen molar-refractivity contribution in [3.05, 3.63) is 30.3 Å². The number of hydrogen-bond acceptors (Lipinski definition) is 2. The zero-order chi connectivity index (χ0) is 8.39. The van der Waals surface area contributed by atoms with Crippen LogP contribution in [0, 0.1) is 0 Å². The molecule has 1 saturated heterocycles. The van der Waals surface area contributed by atoms with Gasteiger partial charge in [-0.05, 0) is 25.0 Å². The van der Waals surface area contributed by atoms with E-state index < -0.39 is 0 Å². The molecule has 0 aliphatic carbocycles. The topological polar surface area (TPSA) is 23.5 Å². The number of nitrogens with zero attached hydrogens (tertiary/aromatic N) is 1. The summed E-state index contributed by atoms with van der Waals surface area (Å²) in [6, 6.07) is 10.1. The van der Waals surface area contributed by atoms with Crippen LogP contribution in [0.2, 0.25) is 0 Å². The van der Waals surface area contributed by atoms with Gasteiger partial charge in [-0.3, -0.25) is 0 Å². The van der Waals surface area contributed by atoms with Crippen molar-refractivity contribution in [1.29, 1.82) is 0 Å². The number of anilines is 1. The van der Waals surface area contributed by atoms with Crippen molar-refractivity contribution in [2.24, 2.45) is 0 Å². The molecule has 1 aliphatic rings. The zero-order valence-electron chi connectivity index (χ0n) is 6.98. The van der Waals surface area contributed by atoms with E-state index in [2.05, 4.69) is 0 Å². The number of hydrogen-bond donors (Lipinski definition) is 1. The lowest BCUT2D eigenvalue weighted by Gasteiger charge is -2.22. The van der Waals surface area contributed by atoms with Gasteiger partial charge in [-0.15, -0.1) is 0 Å². The fraction of sp³-hybridized carbons (Fsp3) is 0.455. The third-order valence-electron chi connectivity index (χ3n) is 2.31. The number of benzene rings is 1. The Bertz CT molecular complexity index is 248. The van der Waals surface area contributed by atoms with Gasteiger partial charge in [0.1, 0.15) is 6.23 Å². The van der Waals surface area contributed by atoms with Crippen molar-refractivity contribution >= 4 is 5.69 Å². The minimum Gasteiger partial charge on any atom is -0.374 e. The highest BCUT2D eigenvalue weighted by Crippen LogP contribution is 2.23. The fourth-order valence-electron chi connectivity index (χ4n) is 1.67. The van der Waals surface area contributed by atoms with E-state index in [1.165, 1.54) is 0 Å². The van der Waals surface area contributed by atoms with Crippen molar-refractivity contribution in [3.63, 3.8) is 0 Å². The maximum Gasteiger partial charge on any atom is 0.126 e. The van der Waals surface area contributed by atoms with Gasteiger partial charge in [0.05, 0.1) is 0 Å². The Hall–Kier alpha value is -1.02. The lowest BCUT2D eigenvalue weighted by molar-refractivity contribution is 0.186. The number of para-hydroxylation sites is 1. The Balaban J connectivity index is 0.000000845. The molecule has 2 rings (SSSR count). The van der Waals surface area contributed by atoms with E-state index in [-0.39, 0.29) is 13.7 Å². The highest BCUT2D eigenvalue weighted by atomic mass is 16.3. The van der Waals surface area contributed by atoms with Crippen LogP contribution in [0.25, 0.3) is 0 Å². The van der Waals surface area contributed by atoms with Crippen LogP contribution in [0.4, 0.5) is 5.69 Å². The lowest BCUT2D eigenvalue weighted by atomic mass is 10.3. The second-order valence-electron chi connectivity index (χ2n) is 3.15. The number of aliphatic hydroxyl groups excluding tert-OH is 1. The summed E-state index contributed by atoms with van der Waals surface area (Å²) >= 11 is 0. The molecule has 0 radical (unpaired) electrons. The van der Waals surface area contributed by atoms with Gasteiger partial charge < -0.3 is 10.0 Å². The number of rotatable bonds is 1. The summed E-state index contributed by atoms with van der Waals surface area (Å²) in [5.41, 5.74) is 1.13. The van der Waals surface area contributed by atoms with E-state index in [9.17, 15) is 5.11 Å². The molecule has 72 valence electrons. The molecular formula is C11H17NO. The monoisotopic (exact) mass is 179 g/mol. The molecule has 1 fully saturated rings. The summed E-state index contributed by atoms with van der Waals surface area (Å²) in [4.78, 5) is 2.04. The van der Waals surface area contributed by atoms with Gasteiger partial charge in [-0.1, -0.05) is 25.6 Å². The fourth-order valence-corrected chi connectivity index (χ4v) is 1.67. The Kier molecular flexibility index (Phi) is 3.32. The molecule has 0 saturated carbocycles. The molecule has 13 heavy (non-hydrogen) atoms. The van der Waals surface area contributed by atoms with Crippen molar-refractivity contribution in [2.45, 2.75) is 26.5 Å². The van der Waals surface area contributed by atoms with E-state index in [0.29, 0.717) is 0 Å². The second kappa shape index (κ2) is 4.28. The van der Waals surface area contributed by atoms with Crippen LogP contribution in [0.15, 0.2) is 30.3 Å². The van der Waals surface area contributed by atoms with Crippen molar-refractivity contribution in [2.75, 3.05) is 11.4 Å². The second-order valence-corrected chi connectivity index (χ2v) is 3.15. The van der Waals surface area contributed by atoms with Gasteiger partial charge in [-0.25, -0.2) is 0 Å². The van der Waals surface area contributed by atoms with Gasteiger partial charge >= 0.3 is 0 Å². The van der Waals surface area contributed by atoms with E-state index in [1.807, 2.05) is 35.2 Å². The van der Waals surface area contributed by atoms with Gasteiger partial charge in [0.25, 0.3) is 0 Å². The van der Waals surface area contributed by atoms with E-state index >= 15 is 0 Å².